The van der Waals surface area contributed by atoms with Gasteiger partial charge in [-0.05, 0) is 6.07 Å². The fraction of sp³-hybridized carbons (Fsp3) is 0.444. The summed E-state index contributed by atoms with van der Waals surface area (Å²) in [5, 5.41) is 9.93. The molecule has 3 aliphatic rings. The number of amides is 1. The van der Waals surface area contributed by atoms with E-state index in [2.05, 4.69) is 0 Å². The third-order valence-electron chi connectivity index (χ3n) is 5.19. The predicted molar refractivity (Wildman–Crippen MR) is 107 cm³/mol. The van der Waals surface area contributed by atoms with Crippen LogP contribution in [0.1, 0.15) is 12.0 Å². The van der Waals surface area contributed by atoms with Crippen LogP contribution in [0, 0.1) is 0 Å². The molecule has 0 bridgehead atoms. The molecule has 3 heterocycles. The van der Waals surface area contributed by atoms with E-state index in [1.54, 1.807) is 24.3 Å². The van der Waals surface area contributed by atoms with E-state index in [4.69, 9.17) is 41.7 Å². The molecule has 0 aromatic heterocycles. The van der Waals surface area contributed by atoms with Gasteiger partial charge in [0.15, 0.2) is 23.8 Å². The Morgan fingerprint density at radius 3 is 2.81 bits per heavy atom. The van der Waals surface area contributed by atoms with E-state index in [1.807, 2.05) is 0 Å². The number of ether oxygens (including phenoxy) is 1. The van der Waals surface area contributed by atoms with Gasteiger partial charge < -0.3 is 14.4 Å². The number of halogens is 4. The van der Waals surface area contributed by atoms with Crippen LogP contribution >= 0.6 is 18.3 Å². The maximum absolute atomic E-state index is 14.9. The van der Waals surface area contributed by atoms with Crippen LogP contribution in [0.15, 0.2) is 35.5 Å². The van der Waals surface area contributed by atoms with Gasteiger partial charge >= 0.3 is 6.72 Å². The first-order valence-electron chi connectivity index (χ1n) is 9.23. The van der Waals surface area contributed by atoms with Crippen LogP contribution in [0.4, 0.5) is 13.2 Å². The largest absolute Gasteiger partial charge is 0.424 e. The molecule has 14 heteroatoms. The van der Waals surface area contributed by atoms with Crippen LogP contribution in [-0.4, -0.2) is 58.8 Å². The number of para-hydroxylation sites is 1. The number of allylic oxidation sites excluding steroid dienone is 1. The van der Waals surface area contributed by atoms with E-state index >= 15 is 0 Å². The Labute approximate surface area is 190 Å². The molecule has 1 saturated heterocycles. The van der Waals surface area contributed by atoms with E-state index in [0.717, 1.165) is 6.20 Å². The number of aliphatic hydroxyl groups is 1. The summed E-state index contributed by atoms with van der Waals surface area (Å²) in [4.78, 5) is 24.3. The molecular formula is C18H16ClF3NO7PS. The summed E-state index contributed by atoms with van der Waals surface area (Å²) in [6.45, 7) is -4.66. The minimum absolute atomic E-state index is 0.00645. The second-order valence-electron chi connectivity index (χ2n) is 7.22. The van der Waals surface area contributed by atoms with Crippen molar-refractivity contribution in [2.75, 3.05) is 6.61 Å². The lowest BCUT2D eigenvalue weighted by Crippen LogP contribution is -2.52. The van der Waals surface area contributed by atoms with Crippen molar-refractivity contribution in [3.8, 4) is 5.75 Å². The summed E-state index contributed by atoms with van der Waals surface area (Å²) in [7, 11) is 0. The number of aliphatic hydroxyl groups excluding tert-OH is 1. The molecule has 32 heavy (non-hydrogen) atoms. The Hall–Kier alpha value is -1.53. The van der Waals surface area contributed by atoms with Crippen molar-refractivity contribution in [2.24, 2.45) is 0 Å². The van der Waals surface area contributed by atoms with E-state index in [1.165, 1.54) is 0 Å². The van der Waals surface area contributed by atoms with Crippen LogP contribution in [0.3, 0.4) is 0 Å². The number of carbonyl (C=O) groups excluding carboxylic acids is 2. The normalized spacial score (nSPS) is 35.0. The topological polar surface area (TPSA) is 94.5 Å². The van der Waals surface area contributed by atoms with Gasteiger partial charge in [0.05, 0.1) is 19.6 Å². The summed E-state index contributed by atoms with van der Waals surface area (Å²) in [5.74, 6) is -1.28. The van der Waals surface area contributed by atoms with Crippen molar-refractivity contribution in [2.45, 2.75) is 43.6 Å². The van der Waals surface area contributed by atoms with Crippen molar-refractivity contribution in [3.05, 3.63) is 41.1 Å². The number of Topliss-reactive ketones (excluding diaryl/α,β-unsaturated/α-hetero) is 1. The standard InChI is InChI=1S/C18H16ClF3NO7PS/c19-10-6-23(13(25)5-11(10)24)16-14(20)15(26)18(29-16,17(21)22)8-28-31(32)27-7-9-3-1-2-4-12(9)30-31/h1-4,6,14-17,26H,5,7-8H2/t14-,15+,16-,18-,31?/m1/s1. The van der Waals surface area contributed by atoms with Gasteiger partial charge in [0.25, 0.3) is 6.43 Å². The molecule has 0 saturated carbocycles. The van der Waals surface area contributed by atoms with Gasteiger partial charge in [-0.15, -0.1) is 0 Å². The highest BCUT2D eigenvalue weighted by Gasteiger charge is 2.63. The maximum atomic E-state index is 14.9. The Morgan fingerprint density at radius 1 is 1.38 bits per heavy atom. The number of hydrogen-bond acceptors (Lipinski definition) is 8. The molecule has 0 spiro atoms. The minimum Gasteiger partial charge on any atom is -0.424 e. The summed E-state index contributed by atoms with van der Waals surface area (Å²) in [6, 6.07) is 6.73. The molecule has 1 amide bonds. The monoisotopic (exact) mass is 513 g/mol. The molecule has 5 atom stereocenters. The van der Waals surface area contributed by atoms with Crippen molar-refractivity contribution in [1.82, 2.24) is 4.90 Å². The minimum atomic E-state index is -3.58. The van der Waals surface area contributed by atoms with Crippen LogP contribution in [0.5, 0.6) is 5.75 Å². The number of alkyl halides is 3. The molecule has 8 nitrogen and oxygen atoms in total. The molecule has 1 N–H and O–H groups in total. The molecule has 3 aliphatic heterocycles. The third-order valence-corrected chi connectivity index (χ3v) is 7.66. The Bertz CT molecular complexity index is 1030. The van der Waals surface area contributed by atoms with Crippen LogP contribution in [0.25, 0.3) is 0 Å². The van der Waals surface area contributed by atoms with Gasteiger partial charge in [-0.1, -0.05) is 29.8 Å². The summed E-state index contributed by atoms with van der Waals surface area (Å²) >= 11 is 10.9. The first-order chi connectivity index (χ1) is 15.1. The SMILES string of the molecule is O=C1CC(=O)N([C@@H]2O[C@@](COP3(=S)OCc4ccccc4O3)(C(F)F)[C@@H](O)[C@H]2F)C=C1Cl. The molecule has 4 rings (SSSR count). The molecule has 1 fully saturated rings. The van der Waals surface area contributed by atoms with E-state index in [0.29, 0.717) is 16.2 Å². The number of ketones is 1. The fourth-order valence-electron chi connectivity index (χ4n) is 3.40. The predicted octanol–water partition coefficient (Wildman–Crippen LogP) is 2.78. The highest BCUT2D eigenvalue weighted by Crippen LogP contribution is 2.56. The Kier molecular flexibility index (Phi) is 6.40. The lowest BCUT2D eigenvalue weighted by molar-refractivity contribution is -0.200. The van der Waals surface area contributed by atoms with Crippen molar-refractivity contribution >= 4 is 41.8 Å². The van der Waals surface area contributed by atoms with Crippen LogP contribution in [0.2, 0.25) is 0 Å². The molecule has 174 valence electrons. The number of rotatable bonds is 5. The van der Waals surface area contributed by atoms with Gasteiger partial charge in [0.2, 0.25) is 5.91 Å². The zero-order valence-corrected chi connectivity index (χ0v) is 18.5. The van der Waals surface area contributed by atoms with Gasteiger partial charge in [0.1, 0.15) is 16.9 Å². The summed E-state index contributed by atoms with van der Waals surface area (Å²) in [6.07, 6.45) is -10.2. The highest BCUT2D eigenvalue weighted by molar-refractivity contribution is 8.07. The maximum Gasteiger partial charge on any atom is 0.381 e. The van der Waals surface area contributed by atoms with Gasteiger partial charge in [-0.3, -0.25) is 23.5 Å². The average molecular weight is 514 g/mol. The van der Waals surface area contributed by atoms with Gasteiger partial charge in [0, 0.05) is 23.6 Å². The lowest BCUT2D eigenvalue weighted by atomic mass is 9.97. The first-order valence-corrected chi connectivity index (χ1v) is 12.2. The Morgan fingerprint density at radius 2 is 2.09 bits per heavy atom. The van der Waals surface area contributed by atoms with E-state index < -0.39 is 67.0 Å². The number of nitrogens with zero attached hydrogens (tertiary/aromatic N) is 1. The van der Waals surface area contributed by atoms with Crippen molar-refractivity contribution in [3.63, 3.8) is 0 Å². The zero-order valence-electron chi connectivity index (χ0n) is 16.0. The van der Waals surface area contributed by atoms with Crippen molar-refractivity contribution < 1.29 is 46.2 Å². The van der Waals surface area contributed by atoms with E-state index in [-0.39, 0.29) is 6.61 Å². The number of benzene rings is 1. The third kappa shape index (κ3) is 4.09. The highest BCUT2D eigenvalue weighted by atomic mass is 35.5. The molecule has 1 aromatic rings. The van der Waals surface area contributed by atoms with Crippen molar-refractivity contribution in [1.29, 1.82) is 0 Å². The second-order valence-corrected chi connectivity index (χ2v) is 10.6. The lowest BCUT2D eigenvalue weighted by Gasteiger charge is -2.35. The van der Waals surface area contributed by atoms with Gasteiger partial charge in [-0.25, -0.2) is 13.2 Å². The molecule has 0 radical (unpaired) electrons. The number of hydrogen-bond donors (Lipinski definition) is 1. The quantitative estimate of drug-likeness (QED) is 0.474. The molecule has 1 aromatic carbocycles. The number of carbonyl (C=O) groups is 2. The number of fused-ring (bicyclic) bond motifs is 1. The van der Waals surface area contributed by atoms with Crippen LogP contribution < -0.4 is 4.52 Å². The zero-order chi connectivity index (χ0) is 23.3. The molecule has 1 unspecified atom stereocenters. The smallest absolute Gasteiger partial charge is 0.381 e. The van der Waals surface area contributed by atoms with Gasteiger partial charge in [-0.2, -0.15) is 0 Å². The molecule has 0 aliphatic carbocycles. The van der Waals surface area contributed by atoms with E-state index in [9.17, 15) is 27.9 Å². The average Bonchev–Trinajstić information content (AvgIpc) is 3.01. The Balaban J connectivity index is 1.55. The second kappa shape index (κ2) is 8.68. The van der Waals surface area contributed by atoms with Crippen LogP contribution in [-0.2, 0) is 41.8 Å². The first kappa shape index (κ1) is 23.6. The molecular weight excluding hydrogens is 498 g/mol. The summed E-state index contributed by atoms with van der Waals surface area (Å²) in [5.41, 5.74) is -2.22. The fourth-order valence-corrected chi connectivity index (χ4v) is 5.39. The summed E-state index contributed by atoms with van der Waals surface area (Å²) < 4.78 is 64.5.